The highest BCUT2D eigenvalue weighted by molar-refractivity contribution is 7.18. The molecule has 0 unspecified atom stereocenters. The summed E-state index contributed by atoms with van der Waals surface area (Å²) in [6, 6.07) is 0. The number of nitrogens with one attached hydrogen (secondary N) is 1. The lowest BCUT2D eigenvalue weighted by Crippen LogP contribution is -2.44. The zero-order chi connectivity index (χ0) is 19.0. The van der Waals surface area contributed by atoms with Crippen molar-refractivity contribution in [3.63, 3.8) is 0 Å². The number of nitrogens with zero attached hydrogens (tertiary/aromatic N) is 3. The number of aryl methyl sites for hydroxylation is 3. The largest absolute Gasteiger partial charge is 0.344 e. The van der Waals surface area contributed by atoms with Crippen molar-refractivity contribution in [1.29, 1.82) is 0 Å². The van der Waals surface area contributed by atoms with Gasteiger partial charge >= 0.3 is 0 Å². The Balaban J connectivity index is 1.50. The molecule has 0 spiro atoms. The van der Waals surface area contributed by atoms with Gasteiger partial charge in [-0.2, -0.15) is 0 Å². The van der Waals surface area contributed by atoms with Gasteiger partial charge in [-0.3, -0.25) is 14.2 Å². The van der Waals surface area contributed by atoms with Gasteiger partial charge in [-0.05, 0) is 32.3 Å². The summed E-state index contributed by atoms with van der Waals surface area (Å²) in [5.74, 6) is -0.0441. The van der Waals surface area contributed by atoms with Crippen molar-refractivity contribution < 1.29 is 4.79 Å². The number of thiophene rings is 1. The predicted molar refractivity (Wildman–Crippen MR) is 108 cm³/mol. The van der Waals surface area contributed by atoms with E-state index in [9.17, 15) is 9.59 Å². The van der Waals surface area contributed by atoms with Crippen LogP contribution in [0.15, 0.2) is 22.7 Å². The molecule has 1 amide bonds. The van der Waals surface area contributed by atoms with Crippen LogP contribution in [-0.2, 0) is 16.9 Å². The maximum atomic E-state index is 12.8. The number of carbonyl (C=O) groups excluding carboxylic acids is 1. The maximum absolute atomic E-state index is 12.8. The standard InChI is InChI=1S/C19H22N4O2S2/c1-12-13(2)27-16-15(12)17(25)23(11-21-16)9-5-14(24)22-19(6-3-4-7-19)18-20-8-10-26-18/h8,10-11H,3-7,9H2,1-2H3,(H,22,24). The number of hydrogen-bond donors (Lipinski definition) is 1. The van der Waals surface area contributed by atoms with Crippen molar-refractivity contribution in [1.82, 2.24) is 19.9 Å². The second-order valence-corrected chi connectivity index (χ2v) is 9.23. The third-order valence-electron chi connectivity index (χ3n) is 5.41. The summed E-state index contributed by atoms with van der Waals surface area (Å²) < 4.78 is 1.55. The zero-order valence-electron chi connectivity index (χ0n) is 15.4. The molecule has 0 aliphatic heterocycles. The first-order valence-corrected chi connectivity index (χ1v) is 10.9. The molecule has 3 aromatic heterocycles. The molecule has 6 nitrogen and oxygen atoms in total. The number of aromatic nitrogens is 3. The number of fused-ring (bicyclic) bond motifs is 1. The number of hydrogen-bond acceptors (Lipinski definition) is 6. The Morgan fingerprint density at radius 2 is 2.07 bits per heavy atom. The average molecular weight is 403 g/mol. The van der Waals surface area contributed by atoms with E-state index in [0.29, 0.717) is 11.9 Å². The summed E-state index contributed by atoms with van der Waals surface area (Å²) in [5.41, 5.74) is 0.588. The SMILES string of the molecule is Cc1sc2ncn(CCC(=O)NC3(c4nccs4)CCCC3)c(=O)c2c1C. The van der Waals surface area contributed by atoms with E-state index >= 15 is 0 Å². The Bertz CT molecular complexity index is 1030. The number of amides is 1. The molecule has 0 saturated heterocycles. The highest BCUT2D eigenvalue weighted by Gasteiger charge is 2.39. The van der Waals surface area contributed by atoms with Gasteiger partial charge in [0.1, 0.15) is 9.84 Å². The molecule has 8 heteroatoms. The minimum atomic E-state index is -0.334. The molecule has 3 aromatic rings. The van der Waals surface area contributed by atoms with Crippen LogP contribution < -0.4 is 10.9 Å². The van der Waals surface area contributed by atoms with E-state index in [1.165, 1.54) is 11.3 Å². The van der Waals surface area contributed by atoms with Gasteiger partial charge in [0.2, 0.25) is 5.91 Å². The van der Waals surface area contributed by atoms with Gasteiger partial charge in [0, 0.05) is 29.4 Å². The lowest BCUT2D eigenvalue weighted by molar-refractivity contribution is -0.123. The summed E-state index contributed by atoms with van der Waals surface area (Å²) in [6.07, 6.45) is 7.63. The molecule has 1 N–H and O–H groups in total. The third kappa shape index (κ3) is 3.32. The van der Waals surface area contributed by atoms with Crippen LogP contribution in [0.1, 0.15) is 47.6 Å². The van der Waals surface area contributed by atoms with Gasteiger partial charge in [-0.25, -0.2) is 9.97 Å². The second kappa shape index (κ2) is 7.16. The normalized spacial score (nSPS) is 16.1. The monoisotopic (exact) mass is 402 g/mol. The summed E-state index contributed by atoms with van der Waals surface area (Å²) in [6.45, 7) is 4.28. The molecular weight excluding hydrogens is 380 g/mol. The first-order valence-electron chi connectivity index (χ1n) is 9.16. The molecule has 0 radical (unpaired) electrons. The number of thiazole rings is 1. The molecule has 1 fully saturated rings. The van der Waals surface area contributed by atoms with Gasteiger partial charge in [-0.15, -0.1) is 22.7 Å². The maximum Gasteiger partial charge on any atom is 0.262 e. The van der Waals surface area contributed by atoms with E-state index in [1.807, 2.05) is 19.2 Å². The van der Waals surface area contributed by atoms with Gasteiger partial charge in [0.25, 0.3) is 5.56 Å². The van der Waals surface area contributed by atoms with Crippen LogP contribution in [0.4, 0.5) is 0 Å². The topological polar surface area (TPSA) is 76.9 Å². The predicted octanol–water partition coefficient (Wildman–Crippen LogP) is 3.51. The zero-order valence-corrected chi connectivity index (χ0v) is 17.1. The summed E-state index contributed by atoms with van der Waals surface area (Å²) >= 11 is 3.13. The van der Waals surface area contributed by atoms with Crippen molar-refractivity contribution in [3.05, 3.63) is 43.7 Å². The van der Waals surface area contributed by atoms with Crippen LogP contribution in [0.5, 0.6) is 0 Å². The molecule has 0 bridgehead atoms. The molecule has 0 aromatic carbocycles. The van der Waals surface area contributed by atoms with Gasteiger partial charge < -0.3 is 5.32 Å². The van der Waals surface area contributed by atoms with Crippen LogP contribution in [-0.4, -0.2) is 20.4 Å². The lowest BCUT2D eigenvalue weighted by atomic mass is 9.98. The van der Waals surface area contributed by atoms with Crippen molar-refractivity contribution in [3.8, 4) is 0 Å². The molecule has 0 atom stereocenters. The van der Waals surface area contributed by atoms with E-state index in [0.717, 1.165) is 46.0 Å². The van der Waals surface area contributed by atoms with Crippen LogP contribution in [0.2, 0.25) is 0 Å². The molecule has 1 saturated carbocycles. The molecule has 4 rings (SSSR count). The third-order valence-corrected chi connectivity index (χ3v) is 7.51. The Morgan fingerprint density at radius 3 is 2.78 bits per heavy atom. The average Bonchev–Trinajstić information content (AvgIpc) is 3.37. The highest BCUT2D eigenvalue weighted by Crippen LogP contribution is 2.39. The molecule has 1 aliphatic rings. The van der Waals surface area contributed by atoms with Gasteiger partial charge in [0.15, 0.2) is 0 Å². The highest BCUT2D eigenvalue weighted by atomic mass is 32.1. The smallest absolute Gasteiger partial charge is 0.262 e. The Morgan fingerprint density at radius 1 is 1.30 bits per heavy atom. The quantitative estimate of drug-likeness (QED) is 0.708. The van der Waals surface area contributed by atoms with E-state index in [-0.39, 0.29) is 23.4 Å². The van der Waals surface area contributed by atoms with Gasteiger partial charge in [-0.1, -0.05) is 12.8 Å². The van der Waals surface area contributed by atoms with E-state index in [1.54, 1.807) is 28.4 Å². The first-order chi connectivity index (χ1) is 13.0. The number of carbonyl (C=O) groups is 1. The Labute approximate surface area is 165 Å². The molecule has 27 heavy (non-hydrogen) atoms. The Kier molecular flexibility index (Phi) is 4.86. The van der Waals surface area contributed by atoms with Gasteiger partial charge in [0.05, 0.1) is 17.3 Å². The fourth-order valence-corrected chi connectivity index (χ4v) is 5.65. The second-order valence-electron chi connectivity index (χ2n) is 7.13. The fraction of sp³-hybridized carbons (Fsp3) is 0.474. The van der Waals surface area contributed by atoms with Crippen LogP contribution >= 0.6 is 22.7 Å². The van der Waals surface area contributed by atoms with Crippen molar-refractivity contribution in [2.45, 2.75) is 58.0 Å². The minimum Gasteiger partial charge on any atom is -0.344 e. The van der Waals surface area contributed by atoms with Crippen molar-refractivity contribution in [2.75, 3.05) is 0 Å². The van der Waals surface area contributed by atoms with E-state index < -0.39 is 0 Å². The molecular formula is C19H22N4O2S2. The van der Waals surface area contributed by atoms with Crippen LogP contribution in [0.25, 0.3) is 10.2 Å². The minimum absolute atomic E-state index is 0.0441. The van der Waals surface area contributed by atoms with E-state index in [4.69, 9.17) is 0 Å². The summed E-state index contributed by atoms with van der Waals surface area (Å²) in [7, 11) is 0. The summed E-state index contributed by atoms with van der Waals surface area (Å²) in [4.78, 5) is 36.1. The molecule has 3 heterocycles. The van der Waals surface area contributed by atoms with Crippen LogP contribution in [0.3, 0.4) is 0 Å². The van der Waals surface area contributed by atoms with Crippen molar-refractivity contribution >= 4 is 38.8 Å². The van der Waals surface area contributed by atoms with E-state index in [2.05, 4.69) is 15.3 Å². The first kappa shape index (κ1) is 18.3. The Hall–Kier alpha value is -2.06. The van der Waals surface area contributed by atoms with Crippen LogP contribution in [0, 0.1) is 13.8 Å². The molecule has 1 aliphatic carbocycles. The summed E-state index contributed by atoms with van der Waals surface area (Å²) in [5, 5.41) is 6.82. The lowest BCUT2D eigenvalue weighted by Gasteiger charge is -2.28. The number of rotatable bonds is 5. The fourth-order valence-electron chi connectivity index (χ4n) is 3.81. The van der Waals surface area contributed by atoms with Crippen molar-refractivity contribution in [2.24, 2.45) is 0 Å². The molecule has 142 valence electrons.